The van der Waals surface area contributed by atoms with Crippen molar-refractivity contribution >= 4 is 11.6 Å². The molecule has 0 bridgehead atoms. The second kappa shape index (κ2) is 6.21. The Morgan fingerprint density at radius 2 is 1.84 bits per heavy atom. The Bertz CT molecular complexity index is 779. The van der Waals surface area contributed by atoms with Gasteiger partial charge in [-0.25, -0.2) is 0 Å². The molecule has 1 fully saturated rings. The lowest BCUT2D eigenvalue weighted by Crippen LogP contribution is -2.28. The SMILES string of the molecule is COc1c(C)cc(N2CCC(n3ccc(C(C)(C)C)n3)C2=O)cc1C. The van der Waals surface area contributed by atoms with E-state index >= 15 is 0 Å². The minimum atomic E-state index is -0.223. The van der Waals surface area contributed by atoms with Crippen LogP contribution in [0.4, 0.5) is 5.69 Å². The van der Waals surface area contributed by atoms with E-state index in [2.05, 4.69) is 25.9 Å². The van der Waals surface area contributed by atoms with Gasteiger partial charge in [0, 0.05) is 23.8 Å². The number of amides is 1. The number of hydrogen-bond donors (Lipinski definition) is 0. The summed E-state index contributed by atoms with van der Waals surface area (Å²) in [6.07, 6.45) is 2.70. The molecule has 5 nitrogen and oxygen atoms in total. The predicted molar refractivity (Wildman–Crippen MR) is 99.4 cm³/mol. The van der Waals surface area contributed by atoms with E-state index in [1.807, 2.05) is 47.8 Å². The summed E-state index contributed by atoms with van der Waals surface area (Å²) in [4.78, 5) is 14.8. The summed E-state index contributed by atoms with van der Waals surface area (Å²) in [5, 5.41) is 4.65. The fraction of sp³-hybridized carbons (Fsp3) is 0.500. The number of anilines is 1. The van der Waals surface area contributed by atoms with Gasteiger partial charge in [0.05, 0.1) is 12.8 Å². The van der Waals surface area contributed by atoms with Crippen molar-refractivity contribution in [3.8, 4) is 5.75 Å². The first-order chi connectivity index (χ1) is 11.7. The number of ether oxygens (including phenoxy) is 1. The maximum Gasteiger partial charge on any atom is 0.251 e. The highest BCUT2D eigenvalue weighted by atomic mass is 16.5. The van der Waals surface area contributed by atoms with Crippen LogP contribution in [0.3, 0.4) is 0 Å². The van der Waals surface area contributed by atoms with Gasteiger partial charge >= 0.3 is 0 Å². The quantitative estimate of drug-likeness (QED) is 0.853. The van der Waals surface area contributed by atoms with E-state index in [0.717, 1.165) is 34.7 Å². The second-order valence-corrected chi connectivity index (χ2v) is 7.84. The van der Waals surface area contributed by atoms with Crippen LogP contribution in [-0.2, 0) is 10.2 Å². The zero-order valence-corrected chi connectivity index (χ0v) is 16.0. The zero-order chi connectivity index (χ0) is 18.4. The van der Waals surface area contributed by atoms with Crippen LogP contribution in [0.15, 0.2) is 24.4 Å². The van der Waals surface area contributed by atoms with Crippen LogP contribution in [0, 0.1) is 13.8 Å². The van der Waals surface area contributed by atoms with Crippen molar-refractivity contribution in [2.45, 2.75) is 52.5 Å². The third kappa shape index (κ3) is 3.15. The van der Waals surface area contributed by atoms with Crippen LogP contribution < -0.4 is 9.64 Å². The summed E-state index contributed by atoms with van der Waals surface area (Å²) < 4.78 is 7.25. The Kier molecular flexibility index (Phi) is 4.35. The molecule has 1 atom stereocenters. The van der Waals surface area contributed by atoms with E-state index in [4.69, 9.17) is 4.74 Å². The Balaban J connectivity index is 1.86. The molecule has 2 aromatic rings. The number of hydrogen-bond acceptors (Lipinski definition) is 3. The molecule has 0 saturated carbocycles. The summed E-state index contributed by atoms with van der Waals surface area (Å²) in [6, 6.07) is 5.84. The highest BCUT2D eigenvalue weighted by Crippen LogP contribution is 2.33. The maximum absolute atomic E-state index is 13.0. The number of carbonyl (C=O) groups is 1. The molecule has 25 heavy (non-hydrogen) atoms. The molecule has 0 spiro atoms. The number of aryl methyl sites for hydroxylation is 2. The standard InChI is InChI=1S/C20H27N3O2/c1-13-11-15(12-14(2)18(13)25-6)22-9-7-16(19(22)24)23-10-8-17(21-23)20(3,4)5/h8,10-12,16H,7,9H2,1-6H3. The topological polar surface area (TPSA) is 47.4 Å². The van der Waals surface area contributed by atoms with Gasteiger partial charge < -0.3 is 9.64 Å². The van der Waals surface area contributed by atoms with Crippen molar-refractivity contribution in [2.75, 3.05) is 18.6 Å². The van der Waals surface area contributed by atoms with Crippen LogP contribution in [0.5, 0.6) is 5.75 Å². The third-order valence-electron chi connectivity index (χ3n) is 4.83. The first kappa shape index (κ1) is 17.5. The van der Waals surface area contributed by atoms with Crippen LogP contribution >= 0.6 is 0 Å². The van der Waals surface area contributed by atoms with Gasteiger partial charge in [0.2, 0.25) is 0 Å². The van der Waals surface area contributed by atoms with Gasteiger partial charge in [0.1, 0.15) is 11.8 Å². The van der Waals surface area contributed by atoms with Gasteiger partial charge in [-0.1, -0.05) is 20.8 Å². The molecule has 1 aliphatic rings. The largest absolute Gasteiger partial charge is 0.496 e. The molecule has 0 aliphatic carbocycles. The normalized spacial score (nSPS) is 18.1. The number of carbonyl (C=O) groups excluding carboxylic acids is 1. The van der Waals surface area contributed by atoms with E-state index in [1.165, 1.54) is 0 Å². The summed E-state index contributed by atoms with van der Waals surface area (Å²) in [5.74, 6) is 0.987. The average molecular weight is 341 g/mol. The number of methoxy groups -OCH3 is 1. The maximum atomic E-state index is 13.0. The van der Waals surface area contributed by atoms with Gasteiger partial charge in [-0.15, -0.1) is 0 Å². The summed E-state index contributed by atoms with van der Waals surface area (Å²) in [7, 11) is 1.68. The van der Waals surface area contributed by atoms with Gasteiger partial charge in [-0.2, -0.15) is 5.10 Å². The van der Waals surface area contributed by atoms with Gasteiger partial charge in [-0.05, 0) is 49.6 Å². The molecule has 1 amide bonds. The molecule has 1 aromatic carbocycles. The third-order valence-corrected chi connectivity index (χ3v) is 4.83. The minimum absolute atomic E-state index is 0.0171. The van der Waals surface area contributed by atoms with Crippen molar-refractivity contribution in [3.63, 3.8) is 0 Å². The van der Waals surface area contributed by atoms with E-state index < -0.39 is 0 Å². The Morgan fingerprint density at radius 3 is 2.36 bits per heavy atom. The molecular weight excluding hydrogens is 314 g/mol. The van der Waals surface area contributed by atoms with Gasteiger partial charge in [0.25, 0.3) is 5.91 Å². The first-order valence-electron chi connectivity index (χ1n) is 8.74. The number of rotatable bonds is 3. The lowest BCUT2D eigenvalue weighted by atomic mass is 9.93. The molecule has 5 heteroatoms. The average Bonchev–Trinajstić information content (AvgIpc) is 3.12. The van der Waals surface area contributed by atoms with E-state index in [-0.39, 0.29) is 17.4 Å². The van der Waals surface area contributed by atoms with Crippen LogP contribution in [-0.4, -0.2) is 29.3 Å². The monoisotopic (exact) mass is 341 g/mol. The Hall–Kier alpha value is -2.30. The molecule has 134 valence electrons. The summed E-state index contributed by atoms with van der Waals surface area (Å²) in [6.45, 7) is 11.1. The van der Waals surface area contributed by atoms with Crippen molar-refractivity contribution in [1.82, 2.24) is 9.78 Å². The number of aromatic nitrogens is 2. The molecule has 3 rings (SSSR count). The van der Waals surface area contributed by atoms with Crippen LogP contribution in [0.25, 0.3) is 0 Å². The highest BCUT2D eigenvalue weighted by Gasteiger charge is 2.35. The number of nitrogens with zero attached hydrogens (tertiary/aromatic N) is 3. The minimum Gasteiger partial charge on any atom is -0.496 e. The molecule has 1 saturated heterocycles. The molecule has 1 aromatic heterocycles. The van der Waals surface area contributed by atoms with Gasteiger partial charge in [-0.3, -0.25) is 9.48 Å². The van der Waals surface area contributed by atoms with E-state index in [1.54, 1.807) is 7.11 Å². The number of benzene rings is 1. The van der Waals surface area contributed by atoms with E-state index in [9.17, 15) is 4.79 Å². The molecule has 1 aliphatic heterocycles. The second-order valence-electron chi connectivity index (χ2n) is 7.84. The van der Waals surface area contributed by atoms with Crippen LogP contribution in [0.2, 0.25) is 0 Å². The van der Waals surface area contributed by atoms with Crippen molar-refractivity contribution in [3.05, 3.63) is 41.2 Å². The molecule has 1 unspecified atom stereocenters. The lowest BCUT2D eigenvalue weighted by molar-refractivity contribution is -0.120. The lowest BCUT2D eigenvalue weighted by Gasteiger charge is -2.20. The fourth-order valence-electron chi connectivity index (χ4n) is 3.48. The fourth-order valence-corrected chi connectivity index (χ4v) is 3.48. The molecule has 0 N–H and O–H groups in total. The van der Waals surface area contributed by atoms with Crippen molar-refractivity contribution in [1.29, 1.82) is 0 Å². The molecular formula is C20H27N3O2. The van der Waals surface area contributed by atoms with Crippen molar-refractivity contribution in [2.24, 2.45) is 0 Å². The first-order valence-corrected chi connectivity index (χ1v) is 8.74. The summed E-state index contributed by atoms with van der Waals surface area (Å²) in [5.41, 5.74) is 4.02. The molecule has 2 heterocycles. The van der Waals surface area contributed by atoms with Crippen LogP contribution in [0.1, 0.15) is 50.1 Å². The smallest absolute Gasteiger partial charge is 0.251 e. The predicted octanol–water partition coefficient (Wildman–Crippen LogP) is 3.78. The highest BCUT2D eigenvalue weighted by molar-refractivity contribution is 5.98. The summed E-state index contributed by atoms with van der Waals surface area (Å²) >= 11 is 0. The Morgan fingerprint density at radius 1 is 1.20 bits per heavy atom. The molecule has 0 radical (unpaired) electrons. The van der Waals surface area contributed by atoms with Gasteiger partial charge in [0.15, 0.2) is 0 Å². The Labute approximate surface area is 149 Å². The van der Waals surface area contributed by atoms with Crippen molar-refractivity contribution < 1.29 is 9.53 Å². The zero-order valence-electron chi connectivity index (χ0n) is 16.0. The van der Waals surface area contributed by atoms with E-state index in [0.29, 0.717) is 6.54 Å².